The van der Waals surface area contributed by atoms with Crippen LogP contribution in [0.4, 0.5) is 0 Å². The molecule has 7 heteroatoms. The van der Waals surface area contributed by atoms with Crippen molar-refractivity contribution in [2.24, 2.45) is 0 Å². The molecule has 2 amide bonds. The van der Waals surface area contributed by atoms with Gasteiger partial charge in [0.2, 0.25) is 5.91 Å². The van der Waals surface area contributed by atoms with Crippen molar-refractivity contribution in [2.75, 3.05) is 33.7 Å². The van der Waals surface area contributed by atoms with Crippen molar-refractivity contribution in [3.8, 4) is 0 Å². The van der Waals surface area contributed by atoms with Gasteiger partial charge in [-0.2, -0.15) is 5.10 Å². The number of carbonyl (C=O) groups excluding carboxylic acids is 2. The fraction of sp³-hybridized carbons (Fsp3) is 0.500. The maximum Gasteiger partial charge on any atom is 0.252 e. The van der Waals surface area contributed by atoms with E-state index < -0.39 is 0 Å². The summed E-state index contributed by atoms with van der Waals surface area (Å²) in [5, 5.41) is 10.7. The molecule has 0 radical (unpaired) electrons. The van der Waals surface area contributed by atoms with Gasteiger partial charge in [-0.25, -0.2) is 0 Å². The molecule has 1 unspecified atom stereocenters. The molecule has 7 nitrogen and oxygen atoms in total. The average molecular weight is 343 g/mol. The molecule has 1 aliphatic heterocycles. The van der Waals surface area contributed by atoms with Crippen LogP contribution in [-0.4, -0.2) is 71.6 Å². The van der Waals surface area contributed by atoms with E-state index in [0.29, 0.717) is 12.1 Å². The number of likely N-dealkylation sites (tertiary alicyclic amines) is 1. The van der Waals surface area contributed by atoms with Crippen LogP contribution in [0, 0.1) is 0 Å². The van der Waals surface area contributed by atoms with Crippen molar-refractivity contribution >= 4 is 22.7 Å². The Balaban J connectivity index is 1.49. The van der Waals surface area contributed by atoms with Gasteiger partial charge in [-0.05, 0) is 37.9 Å². The highest BCUT2D eigenvalue weighted by Crippen LogP contribution is 2.19. The lowest BCUT2D eigenvalue weighted by molar-refractivity contribution is -0.133. The molecule has 0 saturated carbocycles. The maximum atomic E-state index is 12.4. The quantitative estimate of drug-likeness (QED) is 0.773. The monoisotopic (exact) mass is 343 g/mol. The van der Waals surface area contributed by atoms with E-state index in [1.165, 1.54) is 0 Å². The standard InChI is InChI=1S/C18H25N5O2/c1-22(2)18(25)16-8-4-10-23(16)11-5-9-19-17(24)13-6-3-7-15-14(13)12-20-21-15/h3,6-7,12,16H,4-5,8-11H2,1-2H3,(H,19,24)(H,20,21). The lowest BCUT2D eigenvalue weighted by atomic mass is 10.1. The predicted octanol–water partition coefficient (Wildman–Crippen LogP) is 1.24. The summed E-state index contributed by atoms with van der Waals surface area (Å²) in [4.78, 5) is 28.5. The summed E-state index contributed by atoms with van der Waals surface area (Å²) in [6.45, 7) is 2.36. The maximum absolute atomic E-state index is 12.4. The molecule has 0 aliphatic carbocycles. The van der Waals surface area contributed by atoms with Gasteiger partial charge < -0.3 is 10.2 Å². The SMILES string of the molecule is CN(C)C(=O)C1CCCN1CCCNC(=O)c1cccc2[nH]ncc12. The smallest absolute Gasteiger partial charge is 0.252 e. The predicted molar refractivity (Wildman–Crippen MR) is 96.3 cm³/mol. The van der Waals surface area contributed by atoms with Crippen molar-refractivity contribution in [1.29, 1.82) is 0 Å². The highest BCUT2D eigenvalue weighted by atomic mass is 16.2. The van der Waals surface area contributed by atoms with E-state index >= 15 is 0 Å². The molecule has 1 atom stereocenters. The number of nitrogens with one attached hydrogen (secondary N) is 2. The first-order valence-corrected chi connectivity index (χ1v) is 8.73. The van der Waals surface area contributed by atoms with Gasteiger partial charge in [0.15, 0.2) is 0 Å². The summed E-state index contributed by atoms with van der Waals surface area (Å²) in [5.74, 6) is 0.0857. The van der Waals surface area contributed by atoms with Crippen LogP contribution < -0.4 is 5.32 Å². The first kappa shape index (κ1) is 17.4. The highest BCUT2D eigenvalue weighted by Gasteiger charge is 2.30. The number of hydrogen-bond acceptors (Lipinski definition) is 4. The van der Waals surface area contributed by atoms with Crippen LogP contribution in [0.25, 0.3) is 10.9 Å². The Bertz CT molecular complexity index is 755. The minimum Gasteiger partial charge on any atom is -0.352 e. The molecule has 2 heterocycles. The van der Waals surface area contributed by atoms with Gasteiger partial charge in [0.1, 0.15) is 0 Å². The van der Waals surface area contributed by atoms with Crippen LogP contribution in [0.15, 0.2) is 24.4 Å². The van der Waals surface area contributed by atoms with Crippen molar-refractivity contribution in [3.63, 3.8) is 0 Å². The van der Waals surface area contributed by atoms with Crippen molar-refractivity contribution < 1.29 is 9.59 Å². The molecular weight excluding hydrogens is 318 g/mol. The normalized spacial score (nSPS) is 17.8. The molecule has 1 aromatic carbocycles. The average Bonchev–Trinajstić information content (AvgIpc) is 3.26. The van der Waals surface area contributed by atoms with Crippen molar-refractivity contribution in [2.45, 2.75) is 25.3 Å². The van der Waals surface area contributed by atoms with Gasteiger partial charge >= 0.3 is 0 Å². The Morgan fingerprint density at radius 2 is 2.24 bits per heavy atom. The van der Waals surface area contributed by atoms with Gasteiger partial charge in [0, 0.05) is 32.6 Å². The van der Waals surface area contributed by atoms with Crippen LogP contribution in [-0.2, 0) is 4.79 Å². The highest BCUT2D eigenvalue weighted by molar-refractivity contribution is 6.05. The fourth-order valence-corrected chi connectivity index (χ4v) is 3.42. The summed E-state index contributed by atoms with van der Waals surface area (Å²) >= 11 is 0. The van der Waals surface area contributed by atoms with Crippen LogP contribution in [0.1, 0.15) is 29.6 Å². The number of nitrogens with zero attached hydrogens (tertiary/aromatic N) is 3. The van der Waals surface area contributed by atoms with E-state index in [1.54, 1.807) is 31.3 Å². The van der Waals surface area contributed by atoms with E-state index in [4.69, 9.17) is 0 Å². The van der Waals surface area contributed by atoms with E-state index in [1.807, 2.05) is 12.1 Å². The number of carbonyl (C=O) groups is 2. The first-order valence-electron chi connectivity index (χ1n) is 8.73. The third-order valence-electron chi connectivity index (χ3n) is 4.73. The number of aromatic nitrogens is 2. The third-order valence-corrected chi connectivity index (χ3v) is 4.73. The largest absolute Gasteiger partial charge is 0.352 e. The van der Waals surface area contributed by atoms with Crippen LogP contribution in [0.3, 0.4) is 0 Å². The zero-order valence-electron chi connectivity index (χ0n) is 14.8. The molecule has 2 aromatic rings. The zero-order valence-corrected chi connectivity index (χ0v) is 14.8. The Labute approximate surface area is 147 Å². The first-order chi connectivity index (χ1) is 12.1. The van der Waals surface area contributed by atoms with Gasteiger partial charge in [-0.3, -0.25) is 19.6 Å². The lowest BCUT2D eigenvalue weighted by Gasteiger charge is -2.26. The zero-order chi connectivity index (χ0) is 17.8. The molecule has 1 fully saturated rings. The van der Waals surface area contributed by atoms with Crippen molar-refractivity contribution in [3.05, 3.63) is 30.0 Å². The minimum absolute atomic E-state index is 0.00891. The number of rotatable bonds is 6. The number of likely N-dealkylation sites (N-methyl/N-ethyl adjacent to an activating group) is 1. The van der Waals surface area contributed by atoms with E-state index in [9.17, 15) is 9.59 Å². The van der Waals surface area contributed by atoms with Gasteiger partial charge in [-0.15, -0.1) is 0 Å². The summed E-state index contributed by atoms with van der Waals surface area (Å²) in [7, 11) is 3.60. The van der Waals surface area contributed by atoms with Gasteiger partial charge in [0.25, 0.3) is 5.91 Å². The molecule has 0 spiro atoms. The van der Waals surface area contributed by atoms with Crippen molar-refractivity contribution in [1.82, 2.24) is 25.3 Å². The Morgan fingerprint density at radius 3 is 3.04 bits per heavy atom. The Hall–Kier alpha value is -2.41. The fourth-order valence-electron chi connectivity index (χ4n) is 3.42. The summed E-state index contributed by atoms with van der Waals surface area (Å²) in [6, 6.07) is 5.54. The molecule has 2 N–H and O–H groups in total. The van der Waals surface area contributed by atoms with E-state index in [-0.39, 0.29) is 17.9 Å². The molecule has 134 valence electrons. The molecule has 0 bridgehead atoms. The Morgan fingerprint density at radius 1 is 1.40 bits per heavy atom. The summed E-state index contributed by atoms with van der Waals surface area (Å²) in [5.41, 5.74) is 1.49. The second-order valence-corrected chi connectivity index (χ2v) is 6.67. The second-order valence-electron chi connectivity index (χ2n) is 6.67. The molecule has 1 aromatic heterocycles. The van der Waals surface area contributed by atoms with Gasteiger partial charge in [0.05, 0.1) is 23.3 Å². The third kappa shape index (κ3) is 3.82. The summed E-state index contributed by atoms with van der Waals surface area (Å²) < 4.78 is 0. The van der Waals surface area contributed by atoms with Gasteiger partial charge in [-0.1, -0.05) is 6.07 Å². The van der Waals surface area contributed by atoms with E-state index in [0.717, 1.165) is 43.3 Å². The number of H-pyrrole nitrogens is 1. The minimum atomic E-state index is -0.0886. The lowest BCUT2D eigenvalue weighted by Crippen LogP contribution is -2.43. The topological polar surface area (TPSA) is 81.3 Å². The molecule has 1 aliphatic rings. The molecule has 1 saturated heterocycles. The number of hydrogen-bond donors (Lipinski definition) is 2. The molecular formula is C18H25N5O2. The van der Waals surface area contributed by atoms with E-state index in [2.05, 4.69) is 20.4 Å². The molecule has 25 heavy (non-hydrogen) atoms. The van der Waals surface area contributed by atoms with Crippen LogP contribution >= 0.6 is 0 Å². The van der Waals surface area contributed by atoms with Crippen LogP contribution in [0.5, 0.6) is 0 Å². The van der Waals surface area contributed by atoms with Crippen LogP contribution in [0.2, 0.25) is 0 Å². The number of fused-ring (bicyclic) bond motifs is 1. The molecule has 3 rings (SSSR count). The number of aromatic amines is 1. The number of benzene rings is 1. The second kappa shape index (κ2) is 7.65. The Kier molecular flexibility index (Phi) is 5.33. The number of amides is 2. The summed E-state index contributed by atoms with van der Waals surface area (Å²) in [6.07, 6.45) is 4.47.